The van der Waals surface area contributed by atoms with Crippen molar-refractivity contribution in [3.63, 3.8) is 0 Å². The van der Waals surface area contributed by atoms with Crippen LogP contribution < -0.4 is 5.32 Å². The zero-order valence-corrected chi connectivity index (χ0v) is 18.2. The molecule has 0 aliphatic heterocycles. The van der Waals surface area contributed by atoms with E-state index in [2.05, 4.69) is 41.2 Å². The van der Waals surface area contributed by atoms with Crippen molar-refractivity contribution in [2.24, 2.45) is 0 Å². The summed E-state index contributed by atoms with van der Waals surface area (Å²) in [7, 11) is 0. The summed E-state index contributed by atoms with van der Waals surface area (Å²) in [5, 5.41) is 7.60. The largest absolute Gasteiger partial charge is 0.350 e. The van der Waals surface area contributed by atoms with Gasteiger partial charge >= 0.3 is 0 Å². The first-order valence-electron chi connectivity index (χ1n) is 10.3. The summed E-state index contributed by atoms with van der Waals surface area (Å²) in [6.45, 7) is 6.73. The molecule has 0 aliphatic rings. The molecule has 0 aliphatic carbocycles. The molecule has 0 atom stereocenters. The van der Waals surface area contributed by atoms with Gasteiger partial charge in [-0.25, -0.2) is 4.39 Å². The highest BCUT2D eigenvalue weighted by molar-refractivity contribution is 5.97. The van der Waals surface area contributed by atoms with E-state index in [1.807, 2.05) is 18.2 Å². The molecule has 0 spiro atoms. The monoisotopic (exact) mass is 429 g/mol. The van der Waals surface area contributed by atoms with Crippen LogP contribution in [0.15, 0.2) is 73.1 Å². The van der Waals surface area contributed by atoms with E-state index in [0.717, 1.165) is 11.1 Å². The first-order chi connectivity index (χ1) is 15.3. The lowest BCUT2D eigenvalue weighted by Crippen LogP contribution is -2.18. The summed E-state index contributed by atoms with van der Waals surface area (Å²) in [6.07, 6.45) is 3.31. The Morgan fingerprint density at radius 3 is 2.38 bits per heavy atom. The van der Waals surface area contributed by atoms with Crippen molar-refractivity contribution >= 4 is 11.9 Å². The van der Waals surface area contributed by atoms with Gasteiger partial charge in [-0.1, -0.05) is 45.0 Å². The molecule has 0 radical (unpaired) electrons. The van der Waals surface area contributed by atoms with Gasteiger partial charge in [0.05, 0.1) is 0 Å². The fourth-order valence-electron chi connectivity index (χ4n) is 3.20. The molecule has 4 aromatic rings. The highest BCUT2D eigenvalue weighted by atomic mass is 19.1. The lowest BCUT2D eigenvalue weighted by molar-refractivity contribution is 0.0947. The van der Waals surface area contributed by atoms with Crippen molar-refractivity contribution in [2.75, 3.05) is 5.32 Å². The zero-order chi connectivity index (χ0) is 22.7. The van der Waals surface area contributed by atoms with Gasteiger partial charge in [0.15, 0.2) is 5.82 Å². The van der Waals surface area contributed by atoms with E-state index in [-0.39, 0.29) is 17.1 Å². The fourth-order valence-corrected chi connectivity index (χ4v) is 3.20. The number of rotatable bonds is 5. The summed E-state index contributed by atoms with van der Waals surface area (Å²) in [5.41, 5.74) is 3.19. The zero-order valence-electron chi connectivity index (χ0n) is 18.2. The number of hydrogen-bond donors (Lipinski definition) is 1. The van der Waals surface area contributed by atoms with Crippen LogP contribution in [0.5, 0.6) is 0 Å². The van der Waals surface area contributed by atoms with Crippen molar-refractivity contribution < 1.29 is 9.18 Å². The number of pyridine rings is 1. The number of nitrogens with one attached hydrogen (secondary N) is 1. The standard InChI is InChI=1S/C25H24FN5O/c1-25(2,3)20-10-8-18(9-11-20)23(32)31-24(28-15-17-6-12-21(26)13-7-17)29-22(30-31)19-5-4-14-27-16-19/h4-14,16H,15H2,1-3H3,(H,28,29,30). The molecule has 7 heteroatoms. The Hall–Kier alpha value is -3.87. The summed E-state index contributed by atoms with van der Waals surface area (Å²) >= 11 is 0. The number of carbonyl (C=O) groups excluding carboxylic acids is 1. The molecule has 32 heavy (non-hydrogen) atoms. The number of halogens is 1. The summed E-state index contributed by atoms with van der Waals surface area (Å²) in [4.78, 5) is 21.9. The smallest absolute Gasteiger partial charge is 0.281 e. The first-order valence-corrected chi connectivity index (χ1v) is 10.3. The summed E-state index contributed by atoms with van der Waals surface area (Å²) in [5.74, 6) is 0.0943. The third-order valence-corrected chi connectivity index (χ3v) is 5.08. The molecular formula is C25H24FN5O. The average molecular weight is 429 g/mol. The molecule has 6 nitrogen and oxygen atoms in total. The maximum atomic E-state index is 13.3. The van der Waals surface area contributed by atoms with Crippen molar-refractivity contribution in [1.29, 1.82) is 0 Å². The molecule has 162 valence electrons. The SMILES string of the molecule is CC(C)(C)c1ccc(C(=O)n2nc(-c3cccnc3)nc2NCc2ccc(F)cc2)cc1. The quantitative estimate of drug-likeness (QED) is 0.479. The Morgan fingerprint density at radius 2 is 1.75 bits per heavy atom. The molecule has 0 unspecified atom stereocenters. The van der Waals surface area contributed by atoms with Crippen LogP contribution in [-0.4, -0.2) is 25.7 Å². The van der Waals surface area contributed by atoms with Gasteiger partial charge in [-0.05, 0) is 52.9 Å². The van der Waals surface area contributed by atoms with Crippen molar-refractivity contribution in [3.8, 4) is 11.4 Å². The molecule has 2 aromatic carbocycles. The van der Waals surface area contributed by atoms with E-state index in [1.165, 1.54) is 16.8 Å². The van der Waals surface area contributed by atoms with E-state index < -0.39 is 0 Å². The molecular weight excluding hydrogens is 405 g/mol. The predicted octanol–water partition coefficient (Wildman–Crippen LogP) is 5.08. The number of nitrogens with zero attached hydrogens (tertiary/aromatic N) is 4. The minimum Gasteiger partial charge on any atom is -0.350 e. The van der Waals surface area contributed by atoms with Crippen LogP contribution in [0, 0.1) is 5.82 Å². The first kappa shape index (κ1) is 21.4. The minimum atomic E-state index is -0.301. The third-order valence-electron chi connectivity index (χ3n) is 5.08. The minimum absolute atomic E-state index is 0.00974. The molecule has 2 aromatic heterocycles. The van der Waals surface area contributed by atoms with Crippen LogP contribution >= 0.6 is 0 Å². The molecule has 0 fully saturated rings. The highest BCUT2D eigenvalue weighted by Gasteiger charge is 2.20. The van der Waals surface area contributed by atoms with Crippen LogP contribution in [0.2, 0.25) is 0 Å². The van der Waals surface area contributed by atoms with Crippen LogP contribution in [0.1, 0.15) is 42.3 Å². The maximum absolute atomic E-state index is 13.3. The lowest BCUT2D eigenvalue weighted by Gasteiger charge is -2.19. The van der Waals surface area contributed by atoms with Gasteiger partial charge in [0.25, 0.3) is 5.91 Å². The number of aromatic nitrogens is 4. The second kappa shape index (κ2) is 8.70. The van der Waals surface area contributed by atoms with Gasteiger partial charge in [0.2, 0.25) is 5.95 Å². The van der Waals surface area contributed by atoms with E-state index in [0.29, 0.717) is 29.4 Å². The highest BCUT2D eigenvalue weighted by Crippen LogP contribution is 2.23. The molecule has 4 rings (SSSR count). The predicted molar refractivity (Wildman–Crippen MR) is 122 cm³/mol. The summed E-state index contributed by atoms with van der Waals surface area (Å²) < 4.78 is 14.5. The van der Waals surface area contributed by atoms with Crippen LogP contribution in [-0.2, 0) is 12.0 Å². The number of anilines is 1. The van der Waals surface area contributed by atoms with Crippen molar-refractivity contribution in [1.82, 2.24) is 19.7 Å². The van der Waals surface area contributed by atoms with Gasteiger partial charge in [0.1, 0.15) is 5.82 Å². The van der Waals surface area contributed by atoms with Gasteiger partial charge in [-0.2, -0.15) is 9.67 Å². The molecule has 0 amide bonds. The molecule has 0 saturated carbocycles. The molecule has 2 heterocycles. The Labute approximate surface area is 186 Å². The maximum Gasteiger partial charge on any atom is 0.281 e. The normalized spacial score (nSPS) is 11.4. The van der Waals surface area contributed by atoms with E-state index in [1.54, 1.807) is 42.7 Å². The van der Waals surface area contributed by atoms with Gasteiger partial charge in [-0.3, -0.25) is 9.78 Å². The molecule has 1 N–H and O–H groups in total. The second-order valence-electron chi connectivity index (χ2n) is 8.53. The van der Waals surface area contributed by atoms with Gasteiger partial charge in [0, 0.05) is 30.1 Å². The second-order valence-corrected chi connectivity index (χ2v) is 8.53. The summed E-state index contributed by atoms with van der Waals surface area (Å²) in [6, 6.07) is 17.3. The Kier molecular flexibility index (Phi) is 5.81. The van der Waals surface area contributed by atoms with E-state index in [9.17, 15) is 9.18 Å². The lowest BCUT2D eigenvalue weighted by atomic mass is 9.87. The number of carbonyl (C=O) groups is 1. The van der Waals surface area contributed by atoms with E-state index in [4.69, 9.17) is 0 Å². The van der Waals surface area contributed by atoms with Crippen LogP contribution in [0.3, 0.4) is 0 Å². The topological polar surface area (TPSA) is 72.7 Å². The van der Waals surface area contributed by atoms with Crippen molar-refractivity contribution in [3.05, 3.63) is 95.6 Å². The van der Waals surface area contributed by atoms with Gasteiger partial charge < -0.3 is 5.32 Å². The van der Waals surface area contributed by atoms with Gasteiger partial charge in [-0.15, -0.1) is 5.10 Å². The Balaban J connectivity index is 1.66. The molecule has 0 saturated heterocycles. The Bertz CT molecular complexity index is 1210. The Morgan fingerprint density at radius 1 is 1.03 bits per heavy atom. The molecule has 0 bridgehead atoms. The number of hydrogen-bond acceptors (Lipinski definition) is 5. The number of benzene rings is 2. The third kappa shape index (κ3) is 4.72. The van der Waals surface area contributed by atoms with Crippen LogP contribution in [0.4, 0.5) is 10.3 Å². The fraction of sp³-hybridized carbons (Fsp3) is 0.200. The van der Waals surface area contributed by atoms with E-state index >= 15 is 0 Å². The van der Waals surface area contributed by atoms with Crippen LogP contribution in [0.25, 0.3) is 11.4 Å². The average Bonchev–Trinajstić information content (AvgIpc) is 3.22. The van der Waals surface area contributed by atoms with Crippen molar-refractivity contribution in [2.45, 2.75) is 32.7 Å².